The second kappa shape index (κ2) is 8.93. The molecule has 0 spiro atoms. The third-order valence-corrected chi connectivity index (χ3v) is 6.51. The summed E-state index contributed by atoms with van der Waals surface area (Å²) >= 11 is 1.64. The number of hydrogen-bond acceptors (Lipinski definition) is 3. The molecule has 0 bridgehead atoms. The van der Waals surface area contributed by atoms with Crippen LogP contribution in [0, 0.1) is 13.8 Å². The molecular weight excluding hydrogens is 380 g/mol. The van der Waals surface area contributed by atoms with Gasteiger partial charge >= 0.3 is 0 Å². The van der Waals surface area contributed by atoms with Crippen LogP contribution in [0.15, 0.2) is 41.8 Å². The molecular formula is C23H29N4OS+. The third kappa shape index (κ3) is 4.60. The number of rotatable bonds is 6. The van der Waals surface area contributed by atoms with Gasteiger partial charge in [0, 0.05) is 0 Å². The van der Waals surface area contributed by atoms with Crippen molar-refractivity contribution in [3.05, 3.63) is 58.6 Å². The van der Waals surface area contributed by atoms with Crippen LogP contribution in [0.2, 0.25) is 0 Å². The van der Waals surface area contributed by atoms with Crippen molar-refractivity contribution in [2.24, 2.45) is 0 Å². The second-order valence-electron chi connectivity index (χ2n) is 7.91. The molecule has 0 aliphatic carbocycles. The van der Waals surface area contributed by atoms with E-state index in [4.69, 9.17) is 5.10 Å². The number of thiophene rings is 1. The molecule has 1 aliphatic rings. The Kier molecular flexibility index (Phi) is 6.11. The van der Waals surface area contributed by atoms with Crippen molar-refractivity contribution in [1.82, 2.24) is 15.1 Å². The minimum absolute atomic E-state index is 0.0586. The number of piperidine rings is 1. The molecule has 0 atom stereocenters. The first-order valence-corrected chi connectivity index (χ1v) is 11.3. The Labute approximate surface area is 176 Å². The van der Waals surface area contributed by atoms with E-state index in [1.165, 1.54) is 37.9 Å². The fraction of sp³-hybridized carbons (Fsp3) is 0.391. The van der Waals surface area contributed by atoms with Crippen LogP contribution in [0.25, 0.3) is 16.3 Å². The lowest BCUT2D eigenvalue weighted by molar-refractivity contribution is -0.903. The molecule has 6 heteroatoms. The molecule has 2 aromatic heterocycles. The SMILES string of the molecule is Cc1ccc(-n2nc(-c3cccs3)cc2C(=O)NCC[NH+]2CCCCC2)c(C)c1. The lowest BCUT2D eigenvalue weighted by Crippen LogP contribution is -3.13. The first-order chi connectivity index (χ1) is 14.1. The highest BCUT2D eigenvalue weighted by Gasteiger charge is 2.20. The van der Waals surface area contributed by atoms with Crippen LogP contribution in [0.4, 0.5) is 0 Å². The number of aryl methyl sites for hydroxylation is 2. The first kappa shape index (κ1) is 19.9. The van der Waals surface area contributed by atoms with Gasteiger partial charge in [0.25, 0.3) is 5.91 Å². The predicted octanol–water partition coefficient (Wildman–Crippen LogP) is 3.02. The number of carbonyl (C=O) groups is 1. The largest absolute Gasteiger partial charge is 0.345 e. The smallest absolute Gasteiger partial charge is 0.270 e. The van der Waals surface area contributed by atoms with Gasteiger partial charge in [0.05, 0.1) is 36.7 Å². The molecule has 1 saturated heterocycles. The molecule has 3 heterocycles. The fourth-order valence-electron chi connectivity index (χ4n) is 4.06. The summed E-state index contributed by atoms with van der Waals surface area (Å²) < 4.78 is 1.80. The Morgan fingerprint density at radius 2 is 2.00 bits per heavy atom. The number of aromatic nitrogens is 2. The number of amides is 1. The van der Waals surface area contributed by atoms with Crippen LogP contribution in [0.1, 0.15) is 40.9 Å². The monoisotopic (exact) mass is 409 g/mol. The number of hydrogen-bond donors (Lipinski definition) is 2. The van der Waals surface area contributed by atoms with Crippen molar-refractivity contribution in [2.75, 3.05) is 26.2 Å². The van der Waals surface area contributed by atoms with Crippen LogP contribution in [-0.2, 0) is 0 Å². The zero-order valence-corrected chi connectivity index (χ0v) is 18.0. The first-order valence-electron chi connectivity index (χ1n) is 10.4. The molecule has 29 heavy (non-hydrogen) atoms. The summed E-state index contributed by atoms with van der Waals surface area (Å²) in [4.78, 5) is 15.7. The number of nitrogens with one attached hydrogen (secondary N) is 2. The van der Waals surface area contributed by atoms with Crippen molar-refractivity contribution in [2.45, 2.75) is 33.1 Å². The summed E-state index contributed by atoms with van der Waals surface area (Å²) in [5.41, 5.74) is 4.69. The topological polar surface area (TPSA) is 51.4 Å². The minimum Gasteiger partial charge on any atom is -0.345 e. The minimum atomic E-state index is -0.0586. The molecule has 1 aromatic carbocycles. The Morgan fingerprint density at radius 1 is 1.17 bits per heavy atom. The van der Waals surface area contributed by atoms with Gasteiger partial charge in [0.1, 0.15) is 11.4 Å². The number of likely N-dealkylation sites (tertiary alicyclic amines) is 1. The lowest BCUT2D eigenvalue weighted by Gasteiger charge is -2.23. The standard InChI is InChI=1S/C23H28N4OS/c1-17-8-9-20(18(2)15-17)27-21(16-19(25-27)22-7-6-14-29-22)23(28)24-10-13-26-11-4-3-5-12-26/h6-9,14-16H,3-5,10-13H2,1-2H3,(H,24,28)/p+1. The van der Waals surface area contributed by atoms with Crippen LogP contribution < -0.4 is 10.2 Å². The molecule has 0 radical (unpaired) electrons. The molecule has 0 unspecified atom stereocenters. The molecule has 0 saturated carbocycles. The molecule has 5 nitrogen and oxygen atoms in total. The zero-order chi connectivity index (χ0) is 20.2. The second-order valence-corrected chi connectivity index (χ2v) is 8.86. The van der Waals surface area contributed by atoms with Crippen molar-refractivity contribution >= 4 is 17.2 Å². The van der Waals surface area contributed by atoms with Gasteiger partial charge in [-0.15, -0.1) is 11.3 Å². The average molecular weight is 410 g/mol. The number of quaternary nitrogens is 1. The lowest BCUT2D eigenvalue weighted by atomic mass is 10.1. The zero-order valence-electron chi connectivity index (χ0n) is 17.2. The van der Waals surface area contributed by atoms with Gasteiger partial charge in [0.15, 0.2) is 0 Å². The van der Waals surface area contributed by atoms with Crippen molar-refractivity contribution in [3.8, 4) is 16.3 Å². The van der Waals surface area contributed by atoms with Gasteiger partial charge in [-0.25, -0.2) is 4.68 Å². The van der Waals surface area contributed by atoms with E-state index in [2.05, 4.69) is 31.3 Å². The van der Waals surface area contributed by atoms with Gasteiger partial charge < -0.3 is 10.2 Å². The van der Waals surface area contributed by atoms with Gasteiger partial charge in [0.2, 0.25) is 0 Å². The molecule has 4 rings (SSSR count). The Morgan fingerprint density at radius 3 is 2.72 bits per heavy atom. The summed E-state index contributed by atoms with van der Waals surface area (Å²) in [7, 11) is 0. The Hall–Kier alpha value is -2.44. The summed E-state index contributed by atoms with van der Waals surface area (Å²) in [6.45, 7) is 8.27. The molecule has 1 aliphatic heterocycles. The quantitative estimate of drug-likeness (QED) is 0.658. The van der Waals surface area contributed by atoms with Gasteiger partial charge in [-0.2, -0.15) is 5.10 Å². The van der Waals surface area contributed by atoms with Gasteiger partial charge in [-0.1, -0.05) is 23.8 Å². The summed E-state index contributed by atoms with van der Waals surface area (Å²) in [5.74, 6) is -0.0586. The maximum absolute atomic E-state index is 13.1. The molecule has 152 valence electrons. The van der Waals surface area contributed by atoms with E-state index in [1.807, 2.05) is 29.6 Å². The highest BCUT2D eigenvalue weighted by atomic mass is 32.1. The fourth-order valence-corrected chi connectivity index (χ4v) is 4.74. The number of carbonyl (C=O) groups excluding carboxylic acids is 1. The van der Waals surface area contributed by atoms with E-state index >= 15 is 0 Å². The summed E-state index contributed by atoms with van der Waals surface area (Å²) in [6.07, 6.45) is 3.94. The van der Waals surface area contributed by atoms with Crippen molar-refractivity contribution in [3.63, 3.8) is 0 Å². The van der Waals surface area contributed by atoms with Gasteiger partial charge in [-0.3, -0.25) is 4.79 Å². The van der Waals surface area contributed by atoms with E-state index in [0.29, 0.717) is 12.2 Å². The van der Waals surface area contributed by atoms with E-state index in [9.17, 15) is 4.79 Å². The van der Waals surface area contributed by atoms with Crippen LogP contribution in [-0.4, -0.2) is 41.9 Å². The number of nitrogens with zero attached hydrogens (tertiary/aromatic N) is 2. The Balaban J connectivity index is 1.57. The highest BCUT2D eigenvalue weighted by molar-refractivity contribution is 7.13. The van der Waals surface area contributed by atoms with E-state index in [0.717, 1.165) is 28.4 Å². The summed E-state index contributed by atoms with van der Waals surface area (Å²) in [6, 6.07) is 12.2. The number of benzene rings is 1. The third-order valence-electron chi connectivity index (χ3n) is 5.62. The maximum atomic E-state index is 13.1. The van der Waals surface area contributed by atoms with Crippen LogP contribution in [0.5, 0.6) is 0 Å². The predicted molar refractivity (Wildman–Crippen MR) is 118 cm³/mol. The molecule has 2 N–H and O–H groups in total. The molecule has 1 fully saturated rings. The Bertz CT molecular complexity index is 971. The van der Waals surface area contributed by atoms with Crippen LogP contribution >= 0.6 is 11.3 Å². The normalized spacial score (nSPS) is 14.8. The molecule has 1 amide bonds. The van der Waals surface area contributed by atoms with E-state index in [1.54, 1.807) is 20.9 Å². The average Bonchev–Trinajstić information content (AvgIpc) is 3.39. The van der Waals surface area contributed by atoms with E-state index in [-0.39, 0.29) is 5.91 Å². The maximum Gasteiger partial charge on any atom is 0.270 e. The van der Waals surface area contributed by atoms with Crippen molar-refractivity contribution in [1.29, 1.82) is 0 Å². The highest BCUT2D eigenvalue weighted by Crippen LogP contribution is 2.27. The summed E-state index contributed by atoms with van der Waals surface area (Å²) in [5, 5.41) is 9.96. The molecule has 3 aromatic rings. The van der Waals surface area contributed by atoms with Crippen molar-refractivity contribution < 1.29 is 9.69 Å². The van der Waals surface area contributed by atoms with E-state index < -0.39 is 0 Å². The van der Waals surface area contributed by atoms with Gasteiger partial charge in [-0.05, 0) is 62.3 Å². The van der Waals surface area contributed by atoms with Crippen LogP contribution in [0.3, 0.4) is 0 Å².